The van der Waals surface area contributed by atoms with Crippen LogP contribution in [0.4, 0.5) is 5.69 Å². The first-order chi connectivity index (χ1) is 8.97. The molecule has 0 saturated heterocycles. The Bertz CT molecular complexity index is 551. The lowest BCUT2D eigenvalue weighted by atomic mass is 10.1. The largest absolute Gasteiger partial charge is 0.341 e. The number of fused-ring (bicyclic) bond motifs is 1. The molecule has 0 spiro atoms. The Labute approximate surface area is 129 Å². The van der Waals surface area contributed by atoms with Crippen LogP contribution in [0.25, 0.3) is 0 Å². The molecule has 0 saturated carbocycles. The van der Waals surface area contributed by atoms with E-state index in [0.29, 0.717) is 33.2 Å². The van der Waals surface area contributed by atoms with Crippen molar-refractivity contribution in [2.45, 2.75) is 13.0 Å². The maximum Gasteiger partial charge on any atom is 0.254 e. The van der Waals surface area contributed by atoms with Gasteiger partial charge in [0, 0.05) is 29.4 Å². The van der Waals surface area contributed by atoms with Crippen LogP contribution in [-0.4, -0.2) is 23.7 Å². The van der Waals surface area contributed by atoms with E-state index in [1.54, 1.807) is 17.0 Å². The fourth-order valence-electron chi connectivity index (χ4n) is 2.14. The Kier molecular flexibility index (Phi) is 4.38. The number of carbonyl (C=O) groups excluding carboxylic acids is 2. The summed E-state index contributed by atoms with van der Waals surface area (Å²) < 4.78 is 0. The first-order valence-electron chi connectivity index (χ1n) is 5.59. The monoisotopic (exact) mass is 364 g/mol. The van der Waals surface area contributed by atoms with Gasteiger partial charge in [-0.15, -0.1) is 0 Å². The van der Waals surface area contributed by atoms with Crippen LogP contribution >= 0.6 is 39.1 Å². The topological polar surface area (TPSA) is 49.4 Å². The summed E-state index contributed by atoms with van der Waals surface area (Å²) in [6.07, 6.45) is 0. The standard InChI is InChI=1S/C12H11BrCl2N2O2/c1-6(18)16-10-9-7(14)2-3-8(15)11(9)17(5-4-13)12(10)19/h2-3,10H,4-5H2,1H3,(H,16,18)/t10-/m0/s1. The number of rotatable bonds is 3. The second-order valence-corrected chi connectivity index (χ2v) is 5.71. The average Bonchev–Trinajstić information content (AvgIpc) is 2.60. The van der Waals surface area contributed by atoms with Crippen molar-refractivity contribution in [2.24, 2.45) is 0 Å². The molecule has 1 heterocycles. The van der Waals surface area contributed by atoms with E-state index in [4.69, 9.17) is 23.2 Å². The van der Waals surface area contributed by atoms with Crippen LogP contribution in [0, 0.1) is 0 Å². The highest BCUT2D eigenvalue weighted by Gasteiger charge is 2.40. The van der Waals surface area contributed by atoms with Gasteiger partial charge in [-0.1, -0.05) is 39.1 Å². The van der Waals surface area contributed by atoms with Gasteiger partial charge in [0.25, 0.3) is 5.91 Å². The second kappa shape index (κ2) is 5.69. The molecule has 0 radical (unpaired) electrons. The summed E-state index contributed by atoms with van der Waals surface area (Å²) in [5, 5.41) is 4.09. The number of carbonyl (C=O) groups is 2. The van der Waals surface area contributed by atoms with Crippen molar-refractivity contribution >= 4 is 56.6 Å². The Morgan fingerprint density at radius 1 is 1.42 bits per heavy atom. The van der Waals surface area contributed by atoms with Crippen molar-refractivity contribution in [3.63, 3.8) is 0 Å². The van der Waals surface area contributed by atoms with Crippen molar-refractivity contribution in [3.05, 3.63) is 27.7 Å². The minimum absolute atomic E-state index is 0.223. The summed E-state index contributed by atoms with van der Waals surface area (Å²) in [6.45, 7) is 1.82. The van der Waals surface area contributed by atoms with Gasteiger partial charge in [0.1, 0.15) is 6.04 Å². The lowest BCUT2D eigenvalue weighted by molar-refractivity contribution is -0.126. The molecule has 4 nitrogen and oxygen atoms in total. The van der Waals surface area contributed by atoms with E-state index in [1.807, 2.05) is 0 Å². The van der Waals surface area contributed by atoms with Crippen molar-refractivity contribution in [2.75, 3.05) is 16.8 Å². The third-order valence-corrected chi connectivity index (χ3v) is 3.83. The summed E-state index contributed by atoms with van der Waals surface area (Å²) in [7, 11) is 0. The Hall–Kier alpha value is -0.780. The van der Waals surface area contributed by atoms with E-state index in [9.17, 15) is 9.59 Å². The molecule has 2 amide bonds. The zero-order valence-corrected chi connectivity index (χ0v) is 13.1. The highest BCUT2D eigenvalue weighted by molar-refractivity contribution is 9.09. The van der Waals surface area contributed by atoms with Gasteiger partial charge in [-0.25, -0.2) is 0 Å². The molecule has 1 aliphatic rings. The fourth-order valence-corrected chi connectivity index (χ4v) is 3.02. The number of nitrogens with one attached hydrogen (secondary N) is 1. The Balaban J connectivity index is 2.56. The first-order valence-corrected chi connectivity index (χ1v) is 7.47. The zero-order valence-electron chi connectivity index (χ0n) is 10.0. The molecule has 1 aromatic rings. The van der Waals surface area contributed by atoms with Crippen LogP contribution in [0.1, 0.15) is 18.5 Å². The van der Waals surface area contributed by atoms with Crippen LogP contribution in [0.15, 0.2) is 12.1 Å². The number of anilines is 1. The van der Waals surface area contributed by atoms with E-state index in [0.717, 1.165) is 0 Å². The summed E-state index contributed by atoms with van der Waals surface area (Å²) in [5.41, 5.74) is 1.15. The number of hydrogen-bond donors (Lipinski definition) is 1. The molecular weight excluding hydrogens is 355 g/mol. The van der Waals surface area contributed by atoms with E-state index in [2.05, 4.69) is 21.2 Å². The van der Waals surface area contributed by atoms with Crippen LogP contribution < -0.4 is 10.2 Å². The molecule has 0 aromatic heterocycles. The van der Waals surface area contributed by atoms with E-state index in [-0.39, 0.29) is 11.8 Å². The van der Waals surface area contributed by atoms with Crippen molar-refractivity contribution < 1.29 is 9.59 Å². The lowest BCUT2D eigenvalue weighted by Gasteiger charge is -2.17. The predicted octanol–water partition coefficient (Wildman–Crippen LogP) is 2.91. The van der Waals surface area contributed by atoms with E-state index in [1.165, 1.54) is 6.92 Å². The number of hydrogen-bond acceptors (Lipinski definition) is 2. The van der Waals surface area contributed by atoms with Gasteiger partial charge in [0.05, 0.1) is 10.7 Å². The van der Waals surface area contributed by atoms with Gasteiger partial charge in [0.2, 0.25) is 5.91 Å². The van der Waals surface area contributed by atoms with Crippen LogP contribution in [0.2, 0.25) is 10.0 Å². The van der Waals surface area contributed by atoms with Crippen molar-refractivity contribution in [1.82, 2.24) is 5.32 Å². The summed E-state index contributed by atoms with van der Waals surface area (Å²) in [5.74, 6) is -0.513. The molecule has 0 aliphatic carbocycles. The maximum absolute atomic E-state index is 12.4. The van der Waals surface area contributed by atoms with Crippen LogP contribution in [-0.2, 0) is 9.59 Å². The Morgan fingerprint density at radius 2 is 2.05 bits per heavy atom. The quantitative estimate of drug-likeness (QED) is 0.837. The molecule has 0 bridgehead atoms. The van der Waals surface area contributed by atoms with Gasteiger partial charge >= 0.3 is 0 Å². The molecule has 0 unspecified atom stereocenters. The molecule has 1 aromatic carbocycles. The molecule has 0 fully saturated rings. The van der Waals surface area contributed by atoms with Gasteiger partial charge in [0.15, 0.2) is 0 Å². The molecule has 1 N–H and O–H groups in total. The number of benzene rings is 1. The third kappa shape index (κ3) is 2.59. The zero-order chi connectivity index (χ0) is 14.2. The minimum atomic E-state index is -0.766. The average molecular weight is 366 g/mol. The van der Waals surface area contributed by atoms with Crippen molar-refractivity contribution in [1.29, 1.82) is 0 Å². The Morgan fingerprint density at radius 3 is 2.63 bits per heavy atom. The fraction of sp³-hybridized carbons (Fsp3) is 0.333. The van der Waals surface area contributed by atoms with Crippen molar-refractivity contribution in [3.8, 4) is 0 Å². The molecule has 19 heavy (non-hydrogen) atoms. The predicted molar refractivity (Wildman–Crippen MR) is 79.2 cm³/mol. The summed E-state index contributed by atoms with van der Waals surface area (Å²) in [4.78, 5) is 25.2. The molecule has 7 heteroatoms. The maximum atomic E-state index is 12.4. The number of alkyl halides is 1. The number of amides is 2. The molecule has 2 rings (SSSR count). The summed E-state index contributed by atoms with van der Waals surface area (Å²) in [6, 6.07) is 2.51. The third-order valence-electron chi connectivity index (χ3n) is 2.84. The van der Waals surface area contributed by atoms with Crippen LogP contribution in [0.5, 0.6) is 0 Å². The molecule has 1 aliphatic heterocycles. The van der Waals surface area contributed by atoms with Gasteiger partial charge in [-0.3, -0.25) is 9.59 Å². The number of halogens is 3. The van der Waals surface area contributed by atoms with Gasteiger partial charge < -0.3 is 10.2 Å². The van der Waals surface area contributed by atoms with Gasteiger partial charge in [-0.05, 0) is 12.1 Å². The molecular formula is C12H11BrCl2N2O2. The molecule has 1 atom stereocenters. The van der Waals surface area contributed by atoms with E-state index >= 15 is 0 Å². The smallest absolute Gasteiger partial charge is 0.254 e. The molecule has 102 valence electrons. The van der Waals surface area contributed by atoms with Gasteiger partial charge in [-0.2, -0.15) is 0 Å². The second-order valence-electron chi connectivity index (χ2n) is 4.10. The normalized spacial score (nSPS) is 17.6. The SMILES string of the molecule is CC(=O)N[C@@H]1C(=O)N(CCBr)c2c(Cl)ccc(Cl)c21. The van der Waals surface area contributed by atoms with Crippen LogP contribution in [0.3, 0.4) is 0 Å². The highest BCUT2D eigenvalue weighted by Crippen LogP contribution is 2.44. The lowest BCUT2D eigenvalue weighted by Crippen LogP contribution is -2.37. The minimum Gasteiger partial charge on any atom is -0.341 e. The van der Waals surface area contributed by atoms with E-state index < -0.39 is 6.04 Å². The highest BCUT2D eigenvalue weighted by atomic mass is 79.9. The number of nitrogens with zero attached hydrogens (tertiary/aromatic N) is 1. The first kappa shape index (κ1) is 14.6. The summed E-state index contributed by atoms with van der Waals surface area (Å²) >= 11 is 15.6.